The van der Waals surface area contributed by atoms with Gasteiger partial charge in [-0.2, -0.15) is 0 Å². The van der Waals surface area contributed by atoms with Gasteiger partial charge in [0.15, 0.2) is 0 Å². The minimum Gasteiger partial charge on any atom is -0.0822 e. The number of hydrogen-bond acceptors (Lipinski definition) is 0. The summed E-state index contributed by atoms with van der Waals surface area (Å²) >= 11 is 0. The molecule has 9 heavy (non-hydrogen) atoms. The summed E-state index contributed by atoms with van der Waals surface area (Å²) < 4.78 is 0. The summed E-state index contributed by atoms with van der Waals surface area (Å²) in [5.41, 5.74) is 1.59. The lowest BCUT2D eigenvalue weighted by Gasteiger charge is -2.22. The molecule has 0 amide bonds. The van der Waals surface area contributed by atoms with E-state index in [0.717, 1.165) is 5.92 Å². The molecule has 0 saturated carbocycles. The van der Waals surface area contributed by atoms with Crippen molar-refractivity contribution in [1.29, 1.82) is 0 Å². The highest BCUT2D eigenvalue weighted by Gasteiger charge is 2.13. The number of allylic oxidation sites excluding steroid dienone is 2. The first kappa shape index (κ1) is 6.85. The SMILES string of the molecule is CCCCC1C=C(C)C1. The largest absolute Gasteiger partial charge is 0.0822 e. The van der Waals surface area contributed by atoms with Crippen molar-refractivity contribution in [2.24, 2.45) is 5.92 Å². The van der Waals surface area contributed by atoms with Gasteiger partial charge in [-0.15, -0.1) is 0 Å². The van der Waals surface area contributed by atoms with E-state index >= 15 is 0 Å². The summed E-state index contributed by atoms with van der Waals surface area (Å²) in [6, 6.07) is 0. The Morgan fingerprint density at radius 2 is 2.33 bits per heavy atom. The quantitative estimate of drug-likeness (QED) is 0.507. The van der Waals surface area contributed by atoms with Crippen LogP contribution in [0.3, 0.4) is 0 Å². The van der Waals surface area contributed by atoms with Crippen LogP contribution in [-0.4, -0.2) is 0 Å². The minimum atomic E-state index is 0.949. The van der Waals surface area contributed by atoms with Crippen molar-refractivity contribution in [3.05, 3.63) is 11.6 Å². The molecular formula is C9H16. The van der Waals surface area contributed by atoms with Crippen molar-refractivity contribution in [2.45, 2.75) is 39.5 Å². The van der Waals surface area contributed by atoms with Gasteiger partial charge in [0.05, 0.1) is 0 Å². The van der Waals surface area contributed by atoms with Crippen molar-refractivity contribution >= 4 is 0 Å². The van der Waals surface area contributed by atoms with Gasteiger partial charge in [-0.25, -0.2) is 0 Å². The van der Waals surface area contributed by atoms with Crippen LogP contribution in [0.15, 0.2) is 11.6 Å². The molecule has 0 spiro atoms. The highest BCUT2D eigenvalue weighted by molar-refractivity contribution is 5.13. The Morgan fingerprint density at radius 1 is 1.67 bits per heavy atom. The summed E-state index contributed by atoms with van der Waals surface area (Å²) in [6.45, 7) is 4.48. The molecule has 0 aromatic heterocycles. The van der Waals surface area contributed by atoms with Crippen molar-refractivity contribution < 1.29 is 0 Å². The van der Waals surface area contributed by atoms with Crippen molar-refractivity contribution in [2.75, 3.05) is 0 Å². The van der Waals surface area contributed by atoms with Crippen LogP contribution in [0.4, 0.5) is 0 Å². The smallest absolute Gasteiger partial charge is 0.0194 e. The molecule has 1 atom stereocenters. The Bertz CT molecular complexity index is 111. The maximum absolute atomic E-state index is 2.41. The average molecular weight is 124 g/mol. The summed E-state index contributed by atoms with van der Waals surface area (Å²) in [4.78, 5) is 0. The van der Waals surface area contributed by atoms with Crippen LogP contribution in [-0.2, 0) is 0 Å². The Hall–Kier alpha value is -0.260. The van der Waals surface area contributed by atoms with Gasteiger partial charge in [0, 0.05) is 0 Å². The average Bonchev–Trinajstić information content (AvgIpc) is 1.78. The lowest BCUT2D eigenvalue weighted by atomic mass is 9.84. The van der Waals surface area contributed by atoms with E-state index < -0.39 is 0 Å². The second-order valence-electron chi connectivity index (χ2n) is 3.12. The van der Waals surface area contributed by atoms with Crippen molar-refractivity contribution in [3.8, 4) is 0 Å². The van der Waals surface area contributed by atoms with Crippen molar-refractivity contribution in [1.82, 2.24) is 0 Å². The fourth-order valence-electron chi connectivity index (χ4n) is 1.43. The predicted molar refractivity (Wildman–Crippen MR) is 41.4 cm³/mol. The molecule has 1 unspecified atom stereocenters. The third-order valence-electron chi connectivity index (χ3n) is 2.03. The molecule has 0 heterocycles. The molecule has 52 valence electrons. The van der Waals surface area contributed by atoms with Gasteiger partial charge in [-0.1, -0.05) is 31.4 Å². The summed E-state index contributed by atoms with van der Waals surface area (Å²) in [6.07, 6.45) is 7.97. The first-order valence-corrected chi connectivity index (χ1v) is 4.00. The molecule has 0 N–H and O–H groups in total. The number of rotatable bonds is 3. The van der Waals surface area contributed by atoms with E-state index in [9.17, 15) is 0 Å². The second-order valence-corrected chi connectivity index (χ2v) is 3.12. The highest BCUT2D eigenvalue weighted by Crippen LogP contribution is 2.29. The normalized spacial score (nSPS) is 25.1. The van der Waals surface area contributed by atoms with Crippen LogP contribution < -0.4 is 0 Å². The first-order valence-electron chi connectivity index (χ1n) is 4.00. The molecule has 0 aromatic rings. The Kier molecular flexibility index (Phi) is 2.32. The van der Waals surface area contributed by atoms with Crippen LogP contribution in [0.5, 0.6) is 0 Å². The molecule has 1 aliphatic rings. The lowest BCUT2D eigenvalue weighted by molar-refractivity contribution is 0.506. The van der Waals surface area contributed by atoms with Gasteiger partial charge in [0.25, 0.3) is 0 Å². The van der Waals surface area contributed by atoms with Crippen LogP contribution in [0.2, 0.25) is 0 Å². The zero-order valence-corrected chi connectivity index (χ0v) is 6.48. The van der Waals surface area contributed by atoms with Crippen LogP contribution >= 0.6 is 0 Å². The molecular weight excluding hydrogens is 108 g/mol. The van der Waals surface area contributed by atoms with E-state index in [1.165, 1.54) is 25.7 Å². The monoisotopic (exact) mass is 124 g/mol. The molecule has 0 bridgehead atoms. The topological polar surface area (TPSA) is 0 Å². The van der Waals surface area contributed by atoms with Gasteiger partial charge in [-0.05, 0) is 25.7 Å². The third kappa shape index (κ3) is 1.85. The Labute approximate surface area is 58.0 Å². The third-order valence-corrected chi connectivity index (χ3v) is 2.03. The molecule has 0 aromatic carbocycles. The fourth-order valence-corrected chi connectivity index (χ4v) is 1.43. The van der Waals surface area contributed by atoms with Gasteiger partial charge >= 0.3 is 0 Å². The maximum atomic E-state index is 2.41. The van der Waals surface area contributed by atoms with Gasteiger partial charge in [-0.3, -0.25) is 0 Å². The lowest BCUT2D eigenvalue weighted by Crippen LogP contribution is -2.07. The number of hydrogen-bond donors (Lipinski definition) is 0. The molecule has 0 saturated heterocycles. The highest BCUT2D eigenvalue weighted by atomic mass is 14.2. The van der Waals surface area contributed by atoms with E-state index in [4.69, 9.17) is 0 Å². The molecule has 0 heteroatoms. The molecule has 0 fully saturated rings. The van der Waals surface area contributed by atoms with Crippen LogP contribution in [0.25, 0.3) is 0 Å². The molecule has 1 rings (SSSR count). The zero-order chi connectivity index (χ0) is 6.69. The number of unbranched alkanes of at least 4 members (excludes halogenated alkanes) is 1. The minimum absolute atomic E-state index is 0.949. The second kappa shape index (κ2) is 3.05. The van der Waals surface area contributed by atoms with Crippen LogP contribution in [0.1, 0.15) is 39.5 Å². The van der Waals surface area contributed by atoms with Crippen LogP contribution in [0, 0.1) is 5.92 Å². The maximum Gasteiger partial charge on any atom is -0.0194 e. The zero-order valence-electron chi connectivity index (χ0n) is 6.48. The molecule has 0 aliphatic heterocycles. The molecule has 0 radical (unpaired) electrons. The van der Waals surface area contributed by atoms with Crippen molar-refractivity contribution in [3.63, 3.8) is 0 Å². The van der Waals surface area contributed by atoms with Gasteiger partial charge < -0.3 is 0 Å². The molecule has 1 aliphatic carbocycles. The Balaban J connectivity index is 2.05. The standard InChI is InChI=1S/C9H16/c1-3-4-5-9-6-8(2)7-9/h6,9H,3-5,7H2,1-2H3. The summed E-state index contributed by atoms with van der Waals surface area (Å²) in [5.74, 6) is 0.949. The van der Waals surface area contributed by atoms with E-state index in [0.29, 0.717) is 0 Å². The van der Waals surface area contributed by atoms with E-state index in [2.05, 4.69) is 19.9 Å². The van der Waals surface area contributed by atoms with Gasteiger partial charge in [0.2, 0.25) is 0 Å². The summed E-state index contributed by atoms with van der Waals surface area (Å²) in [5, 5.41) is 0. The summed E-state index contributed by atoms with van der Waals surface area (Å²) in [7, 11) is 0. The van der Waals surface area contributed by atoms with E-state index in [-0.39, 0.29) is 0 Å². The predicted octanol–water partition coefficient (Wildman–Crippen LogP) is 3.14. The molecule has 0 nitrogen and oxygen atoms in total. The Morgan fingerprint density at radius 3 is 2.78 bits per heavy atom. The van der Waals surface area contributed by atoms with Gasteiger partial charge in [0.1, 0.15) is 0 Å². The first-order chi connectivity index (χ1) is 4.33. The van der Waals surface area contributed by atoms with E-state index in [1.807, 2.05) is 0 Å². The fraction of sp³-hybridized carbons (Fsp3) is 0.778. The van der Waals surface area contributed by atoms with E-state index in [1.54, 1.807) is 5.57 Å².